The molecule has 0 amide bonds. The highest BCUT2D eigenvalue weighted by molar-refractivity contribution is 5.81. The van der Waals surface area contributed by atoms with Crippen molar-refractivity contribution in [1.29, 1.82) is 0 Å². The van der Waals surface area contributed by atoms with Crippen LogP contribution >= 0.6 is 0 Å². The van der Waals surface area contributed by atoms with Crippen molar-refractivity contribution in [3.05, 3.63) is 34.9 Å². The van der Waals surface area contributed by atoms with Crippen molar-refractivity contribution in [3.63, 3.8) is 0 Å². The van der Waals surface area contributed by atoms with Gasteiger partial charge >= 0.3 is 0 Å². The van der Waals surface area contributed by atoms with Crippen molar-refractivity contribution in [2.75, 3.05) is 7.11 Å². The lowest BCUT2D eigenvalue weighted by Gasteiger charge is -2.09. The Morgan fingerprint density at radius 3 is 2.71 bits per heavy atom. The number of Topliss-reactive ketones (excluding diaryl/α,β-unsaturated/α-hetero) is 1. The summed E-state index contributed by atoms with van der Waals surface area (Å²) in [7, 11) is 1.68. The van der Waals surface area contributed by atoms with Gasteiger partial charge in [0.15, 0.2) is 0 Å². The minimum atomic E-state index is 0.164. The largest absolute Gasteiger partial charge is 0.382 e. The number of benzene rings is 1. The molecule has 0 aliphatic rings. The third-order valence-corrected chi connectivity index (χ3v) is 3.12. The molecule has 0 aliphatic carbocycles. The van der Waals surface area contributed by atoms with Crippen LogP contribution in [0.4, 0.5) is 0 Å². The summed E-state index contributed by atoms with van der Waals surface area (Å²) < 4.78 is 5.14. The number of ether oxygens (including phenoxy) is 1. The lowest BCUT2D eigenvalue weighted by atomic mass is 9.99. The Morgan fingerprint density at radius 2 is 2.06 bits per heavy atom. The minimum absolute atomic E-state index is 0.164. The van der Waals surface area contributed by atoms with E-state index in [4.69, 9.17) is 4.74 Å². The van der Waals surface area contributed by atoms with E-state index in [1.807, 2.05) is 6.92 Å². The van der Waals surface area contributed by atoms with Gasteiger partial charge in [-0.15, -0.1) is 0 Å². The number of ketones is 1. The van der Waals surface area contributed by atoms with Crippen LogP contribution in [0.15, 0.2) is 18.2 Å². The minimum Gasteiger partial charge on any atom is -0.382 e. The standard InChI is InChI=1S/C15H22O2/c1-11-5-6-12(2)14(9-11)10-15(16)8-7-13(3)17-4/h5-6,9,13H,7-8,10H2,1-4H3. The quantitative estimate of drug-likeness (QED) is 0.755. The second kappa shape index (κ2) is 6.55. The van der Waals surface area contributed by atoms with E-state index in [2.05, 4.69) is 32.0 Å². The molecule has 1 aromatic carbocycles. The number of aryl methyl sites for hydroxylation is 2. The van der Waals surface area contributed by atoms with Gasteiger partial charge in [-0.1, -0.05) is 23.8 Å². The Labute approximate surface area is 104 Å². The van der Waals surface area contributed by atoms with Gasteiger partial charge in [-0.05, 0) is 38.3 Å². The first kappa shape index (κ1) is 13.9. The zero-order valence-corrected chi connectivity index (χ0v) is 11.2. The fraction of sp³-hybridized carbons (Fsp3) is 0.533. The predicted molar refractivity (Wildman–Crippen MR) is 70.3 cm³/mol. The molecule has 0 bridgehead atoms. The molecule has 0 aromatic heterocycles. The molecule has 1 rings (SSSR count). The third-order valence-electron chi connectivity index (χ3n) is 3.12. The fourth-order valence-corrected chi connectivity index (χ4v) is 1.77. The average Bonchev–Trinajstić information content (AvgIpc) is 2.30. The summed E-state index contributed by atoms with van der Waals surface area (Å²) in [5, 5.41) is 0. The summed E-state index contributed by atoms with van der Waals surface area (Å²) in [5.74, 6) is 0.294. The number of carbonyl (C=O) groups is 1. The third kappa shape index (κ3) is 4.70. The molecule has 0 heterocycles. The molecule has 0 spiro atoms. The van der Waals surface area contributed by atoms with Gasteiger partial charge in [-0.2, -0.15) is 0 Å². The Balaban J connectivity index is 2.53. The zero-order valence-electron chi connectivity index (χ0n) is 11.2. The number of carbonyl (C=O) groups excluding carboxylic acids is 1. The van der Waals surface area contributed by atoms with Crippen molar-refractivity contribution in [3.8, 4) is 0 Å². The number of hydrogen-bond acceptors (Lipinski definition) is 2. The highest BCUT2D eigenvalue weighted by atomic mass is 16.5. The molecule has 1 unspecified atom stereocenters. The van der Waals surface area contributed by atoms with Crippen molar-refractivity contribution in [2.45, 2.75) is 46.1 Å². The van der Waals surface area contributed by atoms with E-state index < -0.39 is 0 Å². The lowest BCUT2D eigenvalue weighted by molar-refractivity contribution is -0.119. The SMILES string of the molecule is COC(C)CCC(=O)Cc1cc(C)ccc1C. The van der Waals surface area contributed by atoms with Gasteiger partial charge in [0.25, 0.3) is 0 Å². The van der Waals surface area contributed by atoms with Crippen LogP contribution in [0.2, 0.25) is 0 Å². The molecule has 17 heavy (non-hydrogen) atoms. The van der Waals surface area contributed by atoms with Crippen LogP contribution in [0, 0.1) is 13.8 Å². The summed E-state index contributed by atoms with van der Waals surface area (Å²) in [6, 6.07) is 6.26. The van der Waals surface area contributed by atoms with Gasteiger partial charge in [0.05, 0.1) is 6.10 Å². The molecule has 0 N–H and O–H groups in total. The average molecular weight is 234 g/mol. The van der Waals surface area contributed by atoms with Crippen LogP contribution in [0.5, 0.6) is 0 Å². The molecule has 0 fully saturated rings. The zero-order chi connectivity index (χ0) is 12.8. The maximum atomic E-state index is 11.8. The van der Waals surface area contributed by atoms with Crippen LogP contribution in [-0.2, 0) is 16.0 Å². The van der Waals surface area contributed by atoms with Gasteiger partial charge < -0.3 is 4.74 Å². The molecular formula is C15H22O2. The van der Waals surface area contributed by atoms with Gasteiger partial charge in [0, 0.05) is 20.0 Å². The number of hydrogen-bond donors (Lipinski definition) is 0. The van der Waals surface area contributed by atoms with Crippen molar-refractivity contribution in [2.24, 2.45) is 0 Å². The van der Waals surface area contributed by atoms with E-state index in [-0.39, 0.29) is 6.10 Å². The lowest BCUT2D eigenvalue weighted by Crippen LogP contribution is -2.10. The molecule has 0 aliphatic heterocycles. The van der Waals surface area contributed by atoms with Crippen molar-refractivity contribution in [1.82, 2.24) is 0 Å². The van der Waals surface area contributed by atoms with E-state index in [1.54, 1.807) is 7.11 Å². The van der Waals surface area contributed by atoms with Gasteiger partial charge in [0.2, 0.25) is 0 Å². The van der Waals surface area contributed by atoms with Crippen LogP contribution < -0.4 is 0 Å². The second-order valence-corrected chi connectivity index (χ2v) is 4.73. The second-order valence-electron chi connectivity index (χ2n) is 4.73. The maximum absolute atomic E-state index is 11.8. The van der Waals surface area contributed by atoms with Crippen LogP contribution in [-0.4, -0.2) is 19.0 Å². The molecule has 0 saturated heterocycles. The van der Waals surface area contributed by atoms with Gasteiger partial charge in [-0.25, -0.2) is 0 Å². The van der Waals surface area contributed by atoms with Gasteiger partial charge in [-0.3, -0.25) is 4.79 Å². The van der Waals surface area contributed by atoms with Crippen molar-refractivity contribution < 1.29 is 9.53 Å². The first-order chi connectivity index (χ1) is 8.02. The van der Waals surface area contributed by atoms with Gasteiger partial charge in [0.1, 0.15) is 5.78 Å². The monoisotopic (exact) mass is 234 g/mol. The summed E-state index contributed by atoms with van der Waals surface area (Å²) in [5.41, 5.74) is 3.56. The van der Waals surface area contributed by atoms with E-state index >= 15 is 0 Å². The van der Waals surface area contributed by atoms with Crippen LogP contribution in [0.3, 0.4) is 0 Å². The number of rotatable bonds is 6. The fourth-order valence-electron chi connectivity index (χ4n) is 1.77. The molecule has 0 radical (unpaired) electrons. The van der Waals surface area contributed by atoms with Crippen molar-refractivity contribution >= 4 is 5.78 Å². The topological polar surface area (TPSA) is 26.3 Å². The summed E-state index contributed by atoms with van der Waals surface area (Å²) in [4.78, 5) is 11.8. The molecular weight excluding hydrogens is 212 g/mol. The number of methoxy groups -OCH3 is 1. The highest BCUT2D eigenvalue weighted by Gasteiger charge is 2.08. The Hall–Kier alpha value is -1.15. The normalized spacial score (nSPS) is 12.5. The molecule has 94 valence electrons. The Kier molecular flexibility index (Phi) is 5.36. The molecule has 2 nitrogen and oxygen atoms in total. The molecule has 2 heteroatoms. The first-order valence-electron chi connectivity index (χ1n) is 6.13. The van der Waals surface area contributed by atoms with E-state index in [0.717, 1.165) is 12.0 Å². The molecule has 1 aromatic rings. The summed E-state index contributed by atoms with van der Waals surface area (Å²) in [6.07, 6.45) is 2.12. The summed E-state index contributed by atoms with van der Waals surface area (Å²) in [6.45, 7) is 6.10. The Bertz CT molecular complexity index is 383. The van der Waals surface area contributed by atoms with Crippen LogP contribution in [0.25, 0.3) is 0 Å². The predicted octanol–water partition coefficient (Wildman–Crippen LogP) is 3.23. The van der Waals surface area contributed by atoms with E-state index in [1.165, 1.54) is 11.1 Å². The smallest absolute Gasteiger partial charge is 0.137 e. The highest BCUT2D eigenvalue weighted by Crippen LogP contribution is 2.13. The van der Waals surface area contributed by atoms with E-state index in [0.29, 0.717) is 18.6 Å². The maximum Gasteiger partial charge on any atom is 0.137 e. The Morgan fingerprint density at radius 1 is 1.35 bits per heavy atom. The molecule has 0 saturated carbocycles. The summed E-state index contributed by atoms with van der Waals surface area (Å²) >= 11 is 0. The first-order valence-corrected chi connectivity index (χ1v) is 6.13. The van der Waals surface area contributed by atoms with E-state index in [9.17, 15) is 4.79 Å². The van der Waals surface area contributed by atoms with Crippen LogP contribution in [0.1, 0.15) is 36.5 Å². The molecule has 1 atom stereocenters.